The van der Waals surface area contributed by atoms with Crippen molar-refractivity contribution in [3.05, 3.63) is 65.2 Å². The molecule has 0 spiro atoms. The summed E-state index contributed by atoms with van der Waals surface area (Å²) in [5, 5.41) is 9.65. The molecule has 2 aromatic carbocycles. The summed E-state index contributed by atoms with van der Waals surface area (Å²) in [5.74, 6) is 2.88. The number of aromatic nitrogens is 1. The van der Waals surface area contributed by atoms with Crippen LogP contribution in [-0.2, 0) is 13.1 Å². The van der Waals surface area contributed by atoms with Crippen LogP contribution in [0.3, 0.4) is 0 Å². The molecule has 7 nitrogen and oxygen atoms in total. The molecule has 0 aliphatic rings. The van der Waals surface area contributed by atoms with Crippen molar-refractivity contribution in [1.29, 1.82) is 0 Å². The highest BCUT2D eigenvalue weighted by Gasteiger charge is 2.06. The molecule has 166 valence electrons. The molecule has 0 saturated carbocycles. The third-order valence-electron chi connectivity index (χ3n) is 4.26. The Hall–Kier alpha value is -2.53. The van der Waals surface area contributed by atoms with Gasteiger partial charge in [0.2, 0.25) is 0 Å². The topological polar surface area (TPSA) is 71.0 Å². The van der Waals surface area contributed by atoms with Gasteiger partial charge < -0.3 is 25.0 Å². The Morgan fingerprint density at radius 1 is 1.03 bits per heavy atom. The van der Waals surface area contributed by atoms with Gasteiger partial charge in [-0.15, -0.1) is 35.3 Å². The summed E-state index contributed by atoms with van der Waals surface area (Å²) < 4.78 is 11.2. The molecule has 0 atom stereocenters. The summed E-state index contributed by atoms with van der Waals surface area (Å²) >= 11 is 1.63. The van der Waals surface area contributed by atoms with Crippen molar-refractivity contribution >= 4 is 46.4 Å². The Morgan fingerprint density at radius 3 is 2.32 bits per heavy atom. The number of methoxy groups -OCH3 is 1. The van der Waals surface area contributed by atoms with E-state index in [0.717, 1.165) is 28.1 Å². The van der Waals surface area contributed by atoms with Crippen LogP contribution in [0.2, 0.25) is 0 Å². The summed E-state index contributed by atoms with van der Waals surface area (Å²) in [4.78, 5) is 10.8. The number of nitrogens with zero attached hydrogens (tertiary/aromatic N) is 3. The van der Waals surface area contributed by atoms with Crippen LogP contribution in [0.4, 0.5) is 5.13 Å². The van der Waals surface area contributed by atoms with Gasteiger partial charge in [-0.25, -0.2) is 4.98 Å². The maximum absolute atomic E-state index is 5.92. The van der Waals surface area contributed by atoms with Gasteiger partial charge in [-0.3, -0.25) is 4.99 Å². The van der Waals surface area contributed by atoms with Crippen molar-refractivity contribution in [2.24, 2.45) is 4.99 Å². The molecule has 0 bridgehead atoms. The molecule has 3 aromatic rings. The van der Waals surface area contributed by atoms with Gasteiger partial charge in [-0.1, -0.05) is 24.3 Å². The first-order valence-corrected chi connectivity index (χ1v) is 10.4. The van der Waals surface area contributed by atoms with E-state index >= 15 is 0 Å². The number of nitrogens with one attached hydrogen (secondary N) is 2. The van der Waals surface area contributed by atoms with E-state index in [-0.39, 0.29) is 24.0 Å². The first-order valence-electron chi connectivity index (χ1n) is 9.55. The number of ether oxygens (including phenoxy) is 2. The van der Waals surface area contributed by atoms with E-state index in [9.17, 15) is 0 Å². The Kier molecular flexibility index (Phi) is 9.86. The summed E-state index contributed by atoms with van der Waals surface area (Å²) in [5.41, 5.74) is 2.11. The van der Waals surface area contributed by atoms with Crippen LogP contribution in [0.1, 0.15) is 11.3 Å². The fraction of sp³-hybridized carbons (Fsp3) is 0.273. The molecular formula is C22H28IN5O2S. The van der Waals surface area contributed by atoms with E-state index in [4.69, 9.17) is 9.47 Å². The minimum atomic E-state index is 0. The zero-order valence-electron chi connectivity index (χ0n) is 18.1. The average molecular weight is 553 g/mol. The van der Waals surface area contributed by atoms with Crippen molar-refractivity contribution < 1.29 is 9.47 Å². The van der Waals surface area contributed by atoms with Crippen molar-refractivity contribution in [1.82, 2.24) is 15.6 Å². The number of anilines is 1. The second kappa shape index (κ2) is 12.4. The molecule has 9 heteroatoms. The first-order chi connectivity index (χ1) is 14.6. The second-order valence-electron chi connectivity index (χ2n) is 6.69. The zero-order valence-corrected chi connectivity index (χ0v) is 21.2. The Balaban J connectivity index is 0.00000341. The predicted octanol–water partition coefficient (Wildman–Crippen LogP) is 4.49. The lowest BCUT2D eigenvalue weighted by molar-refractivity contribution is 0.379. The van der Waals surface area contributed by atoms with Gasteiger partial charge in [-0.2, -0.15) is 0 Å². The number of rotatable bonds is 8. The maximum Gasteiger partial charge on any atom is 0.191 e. The summed E-state index contributed by atoms with van der Waals surface area (Å²) in [6.45, 7) is 1.27. The fourth-order valence-electron chi connectivity index (χ4n) is 2.67. The van der Waals surface area contributed by atoms with Crippen LogP contribution in [-0.4, -0.2) is 39.2 Å². The van der Waals surface area contributed by atoms with Crippen LogP contribution in [0, 0.1) is 0 Å². The van der Waals surface area contributed by atoms with Crippen molar-refractivity contribution in [2.75, 3.05) is 33.2 Å². The lowest BCUT2D eigenvalue weighted by Crippen LogP contribution is -2.36. The molecule has 1 aromatic heterocycles. The highest BCUT2D eigenvalue weighted by molar-refractivity contribution is 14.0. The molecule has 0 saturated heterocycles. The number of benzene rings is 2. The Labute approximate surface area is 204 Å². The minimum absolute atomic E-state index is 0. The van der Waals surface area contributed by atoms with Crippen molar-refractivity contribution in [2.45, 2.75) is 13.1 Å². The van der Waals surface area contributed by atoms with Gasteiger partial charge in [0.05, 0.1) is 19.3 Å². The van der Waals surface area contributed by atoms with E-state index < -0.39 is 0 Å². The van der Waals surface area contributed by atoms with Crippen molar-refractivity contribution in [3.63, 3.8) is 0 Å². The number of thiazole rings is 1. The molecule has 0 radical (unpaired) electrons. The lowest BCUT2D eigenvalue weighted by Gasteiger charge is -2.12. The largest absolute Gasteiger partial charge is 0.493 e. The predicted molar refractivity (Wildman–Crippen MR) is 138 cm³/mol. The number of para-hydroxylation sites is 2. The molecular weight excluding hydrogens is 525 g/mol. The molecule has 3 rings (SSSR count). The van der Waals surface area contributed by atoms with Gasteiger partial charge in [-0.05, 0) is 29.8 Å². The number of halogens is 1. The standard InChI is InChI=1S/C22H27N5O2S.HI/c1-23-21(25-14-17-15-30-22(26-17)27(2)3)24-13-16-9-11-18(12-10-16)29-20-8-6-5-7-19(20)28-4;/h5-12,15H,13-14H2,1-4H3,(H2,23,24,25);1H. The molecule has 31 heavy (non-hydrogen) atoms. The smallest absolute Gasteiger partial charge is 0.191 e. The van der Waals surface area contributed by atoms with Gasteiger partial charge in [0.1, 0.15) is 5.75 Å². The zero-order chi connectivity index (χ0) is 21.3. The molecule has 2 N–H and O–H groups in total. The highest BCUT2D eigenvalue weighted by atomic mass is 127. The molecule has 0 aliphatic carbocycles. The van der Waals surface area contributed by atoms with Crippen molar-refractivity contribution in [3.8, 4) is 17.2 Å². The van der Waals surface area contributed by atoms with Gasteiger partial charge in [0.15, 0.2) is 22.6 Å². The van der Waals surface area contributed by atoms with Gasteiger partial charge in [0, 0.05) is 33.1 Å². The van der Waals surface area contributed by atoms with E-state index in [1.54, 1.807) is 25.5 Å². The Morgan fingerprint density at radius 2 is 1.71 bits per heavy atom. The van der Waals surface area contributed by atoms with E-state index in [1.165, 1.54) is 0 Å². The van der Waals surface area contributed by atoms with Crippen LogP contribution in [0.15, 0.2) is 58.9 Å². The van der Waals surface area contributed by atoms with E-state index in [1.807, 2.05) is 67.5 Å². The third-order valence-corrected chi connectivity index (χ3v) is 5.32. The monoisotopic (exact) mass is 553 g/mol. The number of hydrogen-bond donors (Lipinski definition) is 2. The quantitative estimate of drug-likeness (QED) is 0.244. The molecule has 0 fully saturated rings. The molecule has 0 unspecified atom stereocenters. The molecule has 1 heterocycles. The van der Waals surface area contributed by atoms with Crippen LogP contribution in [0.25, 0.3) is 0 Å². The first kappa shape index (κ1) is 24.7. The summed E-state index contributed by atoms with van der Waals surface area (Å²) in [6.07, 6.45) is 0. The normalized spacial score (nSPS) is 10.8. The molecule has 0 amide bonds. The van der Waals surface area contributed by atoms with Gasteiger partial charge in [0.25, 0.3) is 0 Å². The summed E-state index contributed by atoms with van der Waals surface area (Å²) in [7, 11) is 7.37. The summed E-state index contributed by atoms with van der Waals surface area (Å²) in [6, 6.07) is 15.5. The van der Waals surface area contributed by atoms with Crippen LogP contribution >= 0.6 is 35.3 Å². The van der Waals surface area contributed by atoms with Gasteiger partial charge >= 0.3 is 0 Å². The molecule has 0 aliphatic heterocycles. The maximum atomic E-state index is 5.92. The highest BCUT2D eigenvalue weighted by Crippen LogP contribution is 2.30. The fourth-order valence-corrected chi connectivity index (χ4v) is 3.43. The lowest BCUT2D eigenvalue weighted by atomic mass is 10.2. The Bertz CT molecular complexity index is 976. The van der Waals surface area contributed by atoms with Crippen LogP contribution < -0.4 is 25.0 Å². The third kappa shape index (κ3) is 7.28. The number of guanidine groups is 1. The van der Waals surface area contributed by atoms with E-state index in [0.29, 0.717) is 24.6 Å². The second-order valence-corrected chi connectivity index (χ2v) is 7.53. The number of hydrogen-bond acceptors (Lipinski definition) is 6. The minimum Gasteiger partial charge on any atom is -0.493 e. The number of aliphatic imine (C=N–C) groups is 1. The average Bonchev–Trinajstić information content (AvgIpc) is 3.25. The van der Waals surface area contributed by atoms with Crippen LogP contribution in [0.5, 0.6) is 17.2 Å². The SMILES string of the molecule is CN=C(NCc1ccc(Oc2ccccc2OC)cc1)NCc1csc(N(C)C)n1.I. The van der Waals surface area contributed by atoms with E-state index in [2.05, 4.69) is 26.0 Å².